The van der Waals surface area contributed by atoms with Crippen molar-refractivity contribution in [2.45, 2.75) is 13.8 Å². The number of hydrogen-bond acceptors (Lipinski definition) is 5. The quantitative estimate of drug-likeness (QED) is 0.402. The van der Waals surface area contributed by atoms with E-state index >= 15 is 0 Å². The Hall–Kier alpha value is -3.62. The van der Waals surface area contributed by atoms with E-state index in [-0.39, 0.29) is 11.9 Å². The van der Waals surface area contributed by atoms with Crippen molar-refractivity contribution in [3.63, 3.8) is 0 Å². The van der Waals surface area contributed by atoms with Crippen molar-refractivity contribution >= 4 is 35.0 Å². The van der Waals surface area contributed by atoms with Gasteiger partial charge in [-0.25, -0.2) is 4.79 Å². The van der Waals surface area contributed by atoms with Crippen LogP contribution >= 0.6 is 11.3 Å². The van der Waals surface area contributed by atoms with Crippen molar-refractivity contribution in [2.24, 2.45) is 0 Å². The smallest absolute Gasteiger partial charge is 0.321 e. The van der Waals surface area contributed by atoms with Gasteiger partial charge in [-0.2, -0.15) is 0 Å². The van der Waals surface area contributed by atoms with Crippen LogP contribution in [0.25, 0.3) is 6.08 Å². The minimum Gasteiger partial charge on any atom is -0.496 e. The number of thiophene rings is 1. The van der Waals surface area contributed by atoms with Gasteiger partial charge in [0.25, 0.3) is 5.91 Å². The van der Waals surface area contributed by atoms with E-state index in [9.17, 15) is 9.59 Å². The monoisotopic (exact) mass is 532 g/mol. The maximum absolute atomic E-state index is 13.2. The van der Waals surface area contributed by atoms with Crippen molar-refractivity contribution in [1.82, 2.24) is 14.7 Å². The standard InChI is InChI=1S/C30H36N4O3S/c1-23-9-6-10-24(2)28(23)31-30(36)34-20-17-32(18-21-34)16-19-33(29(35)27-14-8-22-38-27)15-7-12-25-11-4-5-13-26(25)37-3/h4-14,22H,15-21H2,1-3H3,(H,31,36)/b12-7+. The van der Waals surface area contributed by atoms with Gasteiger partial charge in [-0.15, -0.1) is 11.3 Å². The van der Waals surface area contributed by atoms with Crippen molar-refractivity contribution < 1.29 is 14.3 Å². The highest BCUT2D eigenvalue weighted by Gasteiger charge is 2.23. The lowest BCUT2D eigenvalue weighted by Gasteiger charge is -2.35. The summed E-state index contributed by atoms with van der Waals surface area (Å²) in [6.07, 6.45) is 4.01. The van der Waals surface area contributed by atoms with Gasteiger partial charge in [0, 0.05) is 57.1 Å². The Morgan fingerprint density at radius 1 is 1.00 bits per heavy atom. The number of carbonyl (C=O) groups excluding carboxylic acids is 2. The molecule has 3 aromatic rings. The molecule has 7 nitrogen and oxygen atoms in total. The summed E-state index contributed by atoms with van der Waals surface area (Å²) in [4.78, 5) is 32.9. The van der Waals surface area contributed by atoms with Crippen LogP contribution in [0.5, 0.6) is 5.75 Å². The van der Waals surface area contributed by atoms with Crippen LogP contribution in [0.2, 0.25) is 0 Å². The van der Waals surface area contributed by atoms with Gasteiger partial charge in [0.05, 0.1) is 12.0 Å². The SMILES string of the molecule is COc1ccccc1/C=C/CN(CCN1CCN(C(=O)Nc2c(C)cccc2C)CC1)C(=O)c1cccs1. The molecule has 0 atom stereocenters. The number of nitrogens with zero attached hydrogens (tertiary/aromatic N) is 3. The summed E-state index contributed by atoms with van der Waals surface area (Å²) in [5, 5.41) is 5.02. The molecule has 0 aliphatic carbocycles. The summed E-state index contributed by atoms with van der Waals surface area (Å²) < 4.78 is 5.44. The van der Waals surface area contributed by atoms with Crippen LogP contribution in [0.1, 0.15) is 26.4 Å². The Bertz CT molecular complexity index is 1230. The van der Waals surface area contributed by atoms with Crippen molar-refractivity contribution in [3.8, 4) is 5.75 Å². The van der Waals surface area contributed by atoms with Crippen LogP contribution in [-0.4, -0.2) is 79.6 Å². The van der Waals surface area contributed by atoms with Crippen molar-refractivity contribution in [2.75, 3.05) is 58.2 Å². The van der Waals surface area contributed by atoms with Gasteiger partial charge < -0.3 is 19.9 Å². The number of benzene rings is 2. The van der Waals surface area contributed by atoms with E-state index in [1.807, 2.05) is 95.8 Å². The molecule has 1 aliphatic rings. The maximum Gasteiger partial charge on any atom is 0.321 e. The molecule has 4 rings (SSSR count). The first-order valence-corrected chi connectivity index (χ1v) is 13.8. The van der Waals surface area contributed by atoms with Gasteiger partial charge >= 0.3 is 6.03 Å². The number of amides is 3. The fourth-order valence-electron chi connectivity index (χ4n) is 4.58. The first-order chi connectivity index (χ1) is 18.5. The van der Waals surface area contributed by atoms with Gasteiger partial charge in [-0.1, -0.05) is 54.6 Å². The number of anilines is 1. The molecule has 0 bridgehead atoms. The molecule has 0 saturated carbocycles. The maximum atomic E-state index is 13.2. The lowest BCUT2D eigenvalue weighted by molar-refractivity contribution is 0.0744. The lowest BCUT2D eigenvalue weighted by atomic mass is 10.1. The summed E-state index contributed by atoms with van der Waals surface area (Å²) >= 11 is 1.46. The molecule has 1 saturated heterocycles. The predicted molar refractivity (Wildman–Crippen MR) is 155 cm³/mol. The second-order valence-corrected chi connectivity index (χ2v) is 10.3. The van der Waals surface area contributed by atoms with Gasteiger partial charge in [-0.05, 0) is 42.5 Å². The van der Waals surface area contributed by atoms with Crippen molar-refractivity contribution in [1.29, 1.82) is 0 Å². The van der Waals surface area contributed by atoms with Crippen LogP contribution < -0.4 is 10.1 Å². The second-order valence-electron chi connectivity index (χ2n) is 9.40. The predicted octanol–water partition coefficient (Wildman–Crippen LogP) is 5.38. The highest BCUT2D eigenvalue weighted by atomic mass is 32.1. The molecule has 1 N–H and O–H groups in total. The number of methoxy groups -OCH3 is 1. The Morgan fingerprint density at radius 2 is 1.74 bits per heavy atom. The van der Waals surface area contributed by atoms with Crippen LogP contribution in [-0.2, 0) is 0 Å². The number of rotatable bonds is 9. The number of piperazine rings is 1. The topological polar surface area (TPSA) is 65.1 Å². The normalized spacial score (nSPS) is 14.0. The second kappa shape index (κ2) is 13.3. The van der Waals surface area contributed by atoms with Gasteiger partial charge in [0.1, 0.15) is 5.75 Å². The molecule has 1 aliphatic heterocycles. The zero-order chi connectivity index (χ0) is 26.9. The first-order valence-electron chi connectivity index (χ1n) is 12.9. The highest BCUT2D eigenvalue weighted by molar-refractivity contribution is 7.12. The molecule has 200 valence electrons. The van der Waals surface area contributed by atoms with E-state index in [0.29, 0.717) is 26.2 Å². The fourth-order valence-corrected chi connectivity index (χ4v) is 5.27. The van der Waals surface area contributed by atoms with Crippen LogP contribution in [0, 0.1) is 13.8 Å². The molecule has 0 spiro atoms. The largest absolute Gasteiger partial charge is 0.496 e. The third kappa shape index (κ3) is 7.02. The Kier molecular flexibility index (Phi) is 9.56. The number of aryl methyl sites for hydroxylation is 2. The van der Waals surface area contributed by atoms with E-state index in [0.717, 1.165) is 52.6 Å². The van der Waals surface area contributed by atoms with E-state index < -0.39 is 0 Å². The van der Waals surface area contributed by atoms with Gasteiger partial charge in [-0.3, -0.25) is 9.69 Å². The summed E-state index contributed by atoms with van der Waals surface area (Å²) in [5.74, 6) is 0.843. The summed E-state index contributed by atoms with van der Waals surface area (Å²) in [7, 11) is 1.66. The average molecular weight is 533 g/mol. The first kappa shape index (κ1) is 27.4. The van der Waals surface area contributed by atoms with Gasteiger partial charge in [0.2, 0.25) is 0 Å². The molecular weight excluding hydrogens is 496 g/mol. The number of carbonyl (C=O) groups is 2. The van der Waals surface area contributed by atoms with Crippen LogP contribution in [0.15, 0.2) is 66.1 Å². The minimum absolute atomic E-state index is 0.0382. The lowest BCUT2D eigenvalue weighted by Crippen LogP contribution is -2.51. The van der Waals surface area contributed by atoms with Crippen LogP contribution in [0.4, 0.5) is 10.5 Å². The number of nitrogens with one attached hydrogen (secondary N) is 1. The molecule has 0 radical (unpaired) electrons. The molecule has 2 aromatic carbocycles. The molecule has 0 unspecified atom stereocenters. The zero-order valence-corrected chi connectivity index (χ0v) is 23.2. The Labute approximate surface area is 229 Å². The minimum atomic E-state index is -0.0574. The zero-order valence-electron chi connectivity index (χ0n) is 22.4. The summed E-state index contributed by atoms with van der Waals surface area (Å²) in [6.45, 7) is 8.76. The molecule has 2 heterocycles. The third-order valence-electron chi connectivity index (χ3n) is 6.84. The third-order valence-corrected chi connectivity index (χ3v) is 7.70. The molecular formula is C30H36N4O3S. The van der Waals surface area contributed by atoms with E-state index in [1.165, 1.54) is 11.3 Å². The van der Waals surface area contributed by atoms with E-state index in [4.69, 9.17) is 4.74 Å². The fraction of sp³-hybridized carbons (Fsp3) is 0.333. The molecule has 8 heteroatoms. The molecule has 1 aromatic heterocycles. The van der Waals surface area contributed by atoms with E-state index in [2.05, 4.69) is 10.2 Å². The molecule has 3 amide bonds. The average Bonchev–Trinajstić information content (AvgIpc) is 3.48. The molecule has 1 fully saturated rings. The van der Waals surface area contributed by atoms with Crippen LogP contribution in [0.3, 0.4) is 0 Å². The Balaban J connectivity index is 1.32. The number of ether oxygens (including phenoxy) is 1. The Morgan fingerprint density at radius 3 is 2.42 bits per heavy atom. The summed E-state index contributed by atoms with van der Waals surface area (Å²) in [6, 6.07) is 17.6. The number of para-hydroxylation sites is 2. The van der Waals surface area contributed by atoms with Crippen molar-refractivity contribution in [3.05, 3.63) is 87.6 Å². The summed E-state index contributed by atoms with van der Waals surface area (Å²) in [5.41, 5.74) is 4.00. The van der Waals surface area contributed by atoms with Gasteiger partial charge in [0.15, 0.2) is 0 Å². The molecule has 38 heavy (non-hydrogen) atoms. The number of urea groups is 1. The van der Waals surface area contributed by atoms with E-state index in [1.54, 1.807) is 7.11 Å². The highest BCUT2D eigenvalue weighted by Crippen LogP contribution is 2.21. The number of hydrogen-bond donors (Lipinski definition) is 1.